The van der Waals surface area contributed by atoms with Crippen LogP contribution in [0.2, 0.25) is 39.3 Å². The molecule has 0 unspecified atom stereocenters. The van der Waals surface area contributed by atoms with Crippen molar-refractivity contribution in [2.24, 2.45) is 0 Å². The molecule has 0 spiro atoms. The summed E-state index contributed by atoms with van der Waals surface area (Å²) in [6.07, 6.45) is 1.97. The highest BCUT2D eigenvalue weighted by molar-refractivity contribution is 6.91. The number of pyridine rings is 1. The molecule has 6 heteroatoms. The van der Waals surface area contributed by atoms with Crippen LogP contribution < -0.4 is 10.4 Å². The third-order valence-electron chi connectivity index (χ3n) is 7.84. The fourth-order valence-electron chi connectivity index (χ4n) is 5.19. The minimum Gasteiger partial charge on any atom is -0.453 e. The highest BCUT2D eigenvalue weighted by Gasteiger charge is 2.25. The molecule has 204 valence electrons. The standard InChI is InChI=1S/C34H38N2O2Si2/c1-34(2,3)22-13-15-28(35-20-22)27-12-10-11-25-26-14-16-29-30(32(26)38-31(25)27)36-33(37-29)21-17-23(39(4,5)6)19-24(18-21)40(7,8)9/h10-20H,1-9H3. The maximum Gasteiger partial charge on any atom is 0.227 e. The largest absolute Gasteiger partial charge is 0.453 e. The number of para-hydroxylation sites is 1. The van der Waals surface area contributed by atoms with Crippen LogP contribution in [0.3, 0.4) is 0 Å². The molecule has 0 saturated heterocycles. The van der Waals surface area contributed by atoms with Gasteiger partial charge in [0.2, 0.25) is 5.89 Å². The van der Waals surface area contributed by atoms with Gasteiger partial charge in [-0.3, -0.25) is 4.98 Å². The van der Waals surface area contributed by atoms with Gasteiger partial charge in [0, 0.05) is 28.1 Å². The molecule has 0 bridgehead atoms. The molecule has 0 aliphatic carbocycles. The van der Waals surface area contributed by atoms with Crippen LogP contribution in [0, 0.1) is 0 Å². The summed E-state index contributed by atoms with van der Waals surface area (Å²) in [5, 5.41) is 4.97. The maximum absolute atomic E-state index is 6.61. The Morgan fingerprint density at radius 1 is 0.700 bits per heavy atom. The first kappa shape index (κ1) is 26.7. The highest BCUT2D eigenvalue weighted by atomic mass is 28.3. The van der Waals surface area contributed by atoms with Gasteiger partial charge >= 0.3 is 0 Å². The normalized spacial score (nSPS) is 13.1. The summed E-state index contributed by atoms with van der Waals surface area (Å²) in [7, 11) is -3.07. The van der Waals surface area contributed by atoms with E-state index in [0.717, 1.165) is 49.9 Å². The summed E-state index contributed by atoms with van der Waals surface area (Å²) < 4.78 is 13.0. The van der Waals surface area contributed by atoms with E-state index in [1.54, 1.807) is 0 Å². The molecule has 0 saturated carbocycles. The number of furan rings is 1. The predicted octanol–water partition coefficient (Wildman–Crippen LogP) is 8.84. The number of hydrogen-bond acceptors (Lipinski definition) is 4. The van der Waals surface area contributed by atoms with Crippen LogP contribution in [0.4, 0.5) is 0 Å². The SMILES string of the molecule is CC(C)(C)c1ccc(-c2cccc3c2oc2c3ccc3oc(-c4cc([Si](C)(C)C)cc([Si](C)(C)C)c4)nc32)nc1. The lowest BCUT2D eigenvalue weighted by Gasteiger charge is -2.23. The smallest absolute Gasteiger partial charge is 0.227 e. The topological polar surface area (TPSA) is 52.1 Å². The van der Waals surface area contributed by atoms with Crippen molar-refractivity contribution in [1.29, 1.82) is 0 Å². The first-order valence-corrected chi connectivity index (χ1v) is 21.1. The Hall–Kier alpha value is -3.49. The number of fused-ring (bicyclic) bond motifs is 5. The molecule has 0 fully saturated rings. The second-order valence-electron chi connectivity index (χ2n) is 14.1. The van der Waals surface area contributed by atoms with Gasteiger partial charge in [-0.1, -0.05) is 107 Å². The maximum atomic E-state index is 6.61. The van der Waals surface area contributed by atoms with Gasteiger partial charge in [0.05, 0.1) is 21.8 Å². The van der Waals surface area contributed by atoms with Crippen molar-refractivity contribution in [2.75, 3.05) is 0 Å². The Bertz CT molecular complexity index is 1860. The second-order valence-corrected chi connectivity index (χ2v) is 24.2. The molecular weight excluding hydrogens is 525 g/mol. The molecule has 4 nitrogen and oxygen atoms in total. The Kier molecular flexibility index (Phi) is 6.02. The molecule has 6 aromatic rings. The van der Waals surface area contributed by atoms with E-state index in [1.807, 2.05) is 12.3 Å². The first-order chi connectivity index (χ1) is 18.7. The van der Waals surface area contributed by atoms with Crippen molar-refractivity contribution in [3.05, 3.63) is 72.4 Å². The zero-order valence-corrected chi connectivity index (χ0v) is 27.1. The van der Waals surface area contributed by atoms with Crippen molar-refractivity contribution >= 4 is 59.6 Å². The van der Waals surface area contributed by atoms with Gasteiger partial charge in [0.1, 0.15) is 5.58 Å². The molecule has 3 heterocycles. The van der Waals surface area contributed by atoms with Gasteiger partial charge < -0.3 is 8.83 Å². The molecular formula is C34H38N2O2Si2. The van der Waals surface area contributed by atoms with Crippen molar-refractivity contribution in [3.63, 3.8) is 0 Å². The number of oxazole rings is 1. The van der Waals surface area contributed by atoms with E-state index in [1.165, 1.54) is 15.9 Å². The summed E-state index contributed by atoms with van der Waals surface area (Å²) in [5.74, 6) is 0.655. The lowest BCUT2D eigenvalue weighted by Crippen LogP contribution is -2.45. The lowest BCUT2D eigenvalue weighted by molar-refractivity contribution is 0.587. The minimum atomic E-state index is -1.54. The average Bonchev–Trinajstić information content (AvgIpc) is 3.48. The summed E-state index contributed by atoms with van der Waals surface area (Å²) in [6.45, 7) is 21.0. The molecule has 0 aliphatic heterocycles. The first-order valence-electron chi connectivity index (χ1n) is 14.1. The zero-order chi connectivity index (χ0) is 28.6. The number of rotatable bonds is 4. The van der Waals surface area contributed by atoms with Crippen LogP contribution in [0.25, 0.3) is 55.7 Å². The fourth-order valence-corrected chi connectivity index (χ4v) is 7.68. The molecule has 0 aliphatic rings. The minimum absolute atomic E-state index is 0.0532. The number of hydrogen-bond donors (Lipinski definition) is 0. The Labute approximate surface area is 238 Å². The number of aromatic nitrogens is 2. The quantitative estimate of drug-likeness (QED) is 0.201. The van der Waals surface area contributed by atoms with Crippen LogP contribution >= 0.6 is 0 Å². The van der Waals surface area contributed by atoms with Crippen molar-refractivity contribution in [2.45, 2.75) is 65.5 Å². The average molecular weight is 563 g/mol. The Balaban J connectivity index is 1.52. The third-order valence-corrected chi connectivity index (χ3v) is 11.9. The van der Waals surface area contributed by atoms with Gasteiger partial charge in [0.25, 0.3) is 0 Å². The Morgan fingerprint density at radius 2 is 1.38 bits per heavy atom. The van der Waals surface area contributed by atoms with E-state index < -0.39 is 16.1 Å². The van der Waals surface area contributed by atoms with E-state index in [2.05, 4.69) is 115 Å². The van der Waals surface area contributed by atoms with Crippen LogP contribution in [0.5, 0.6) is 0 Å². The molecule has 40 heavy (non-hydrogen) atoms. The highest BCUT2D eigenvalue weighted by Crippen LogP contribution is 2.39. The van der Waals surface area contributed by atoms with E-state index in [0.29, 0.717) is 5.89 Å². The summed E-state index contributed by atoms with van der Waals surface area (Å²) in [5.41, 5.74) is 7.28. The van der Waals surface area contributed by atoms with Gasteiger partial charge in [-0.2, -0.15) is 0 Å². The van der Waals surface area contributed by atoms with Crippen molar-refractivity contribution in [1.82, 2.24) is 9.97 Å². The fraction of sp³-hybridized carbons (Fsp3) is 0.294. The summed E-state index contributed by atoms with van der Waals surface area (Å²) in [4.78, 5) is 9.86. The van der Waals surface area contributed by atoms with Crippen LogP contribution in [0.1, 0.15) is 26.3 Å². The zero-order valence-electron chi connectivity index (χ0n) is 25.1. The number of nitrogens with zero attached hydrogens (tertiary/aromatic N) is 2. The summed E-state index contributed by atoms with van der Waals surface area (Å²) in [6, 6.07) is 21.6. The second kappa shape index (κ2) is 9.01. The molecule has 0 radical (unpaired) electrons. The molecule has 3 aromatic heterocycles. The van der Waals surface area contributed by atoms with Gasteiger partial charge in [-0.15, -0.1) is 0 Å². The molecule has 3 aromatic carbocycles. The van der Waals surface area contributed by atoms with E-state index in [-0.39, 0.29) is 5.41 Å². The van der Waals surface area contributed by atoms with Gasteiger partial charge in [-0.05, 0) is 35.2 Å². The third kappa shape index (κ3) is 4.63. The monoisotopic (exact) mass is 562 g/mol. The van der Waals surface area contributed by atoms with E-state index in [4.69, 9.17) is 18.8 Å². The lowest BCUT2D eigenvalue weighted by atomic mass is 9.88. The van der Waals surface area contributed by atoms with Crippen LogP contribution in [-0.2, 0) is 5.41 Å². The van der Waals surface area contributed by atoms with Crippen LogP contribution in [-0.4, -0.2) is 26.1 Å². The molecule has 0 N–H and O–H groups in total. The van der Waals surface area contributed by atoms with Gasteiger partial charge in [0.15, 0.2) is 16.7 Å². The van der Waals surface area contributed by atoms with E-state index in [9.17, 15) is 0 Å². The van der Waals surface area contributed by atoms with E-state index >= 15 is 0 Å². The van der Waals surface area contributed by atoms with Crippen molar-refractivity contribution < 1.29 is 8.83 Å². The molecule has 6 rings (SSSR count). The molecule has 0 amide bonds. The Morgan fingerprint density at radius 3 is 1.98 bits per heavy atom. The number of benzene rings is 3. The van der Waals surface area contributed by atoms with Crippen LogP contribution in [0.15, 0.2) is 75.7 Å². The predicted molar refractivity (Wildman–Crippen MR) is 175 cm³/mol. The molecule has 0 atom stereocenters. The van der Waals surface area contributed by atoms with Gasteiger partial charge in [-0.25, -0.2) is 4.98 Å². The summed E-state index contributed by atoms with van der Waals surface area (Å²) >= 11 is 0. The van der Waals surface area contributed by atoms with Crippen molar-refractivity contribution in [3.8, 4) is 22.7 Å².